The molecule has 27 heavy (non-hydrogen) atoms. The summed E-state index contributed by atoms with van der Waals surface area (Å²) in [5.41, 5.74) is 1.73. The Labute approximate surface area is 167 Å². The number of hydrogen-bond donors (Lipinski definition) is 0. The lowest BCUT2D eigenvalue weighted by Gasteiger charge is -1.99. The van der Waals surface area contributed by atoms with Crippen LogP contribution in [0.3, 0.4) is 0 Å². The maximum Gasteiger partial charge on any atom is 0.235 e. The molecule has 5 nitrogen and oxygen atoms in total. The molecule has 3 aromatic heterocycles. The lowest BCUT2D eigenvalue weighted by Crippen LogP contribution is -1.90. The Morgan fingerprint density at radius 2 is 1.63 bits per heavy atom. The van der Waals surface area contributed by atoms with E-state index in [1.54, 1.807) is 4.52 Å². The summed E-state index contributed by atoms with van der Waals surface area (Å²) >= 11 is 13.6. The molecule has 0 unspecified atom stereocenters. The first-order valence-corrected chi connectivity index (χ1v) is 9.59. The summed E-state index contributed by atoms with van der Waals surface area (Å²) in [6.45, 7) is 0. The Morgan fingerprint density at radius 1 is 0.852 bits per heavy atom. The fraction of sp³-hybridized carbons (Fsp3) is 0. The first-order valence-electron chi connectivity index (χ1n) is 8.02. The molecular weight excluding hydrogens is 403 g/mol. The van der Waals surface area contributed by atoms with Gasteiger partial charge in [0.25, 0.3) is 0 Å². The second-order valence-electron chi connectivity index (χ2n) is 5.78. The monoisotopic (exact) mass is 412 g/mol. The van der Waals surface area contributed by atoms with Gasteiger partial charge in [0, 0.05) is 16.1 Å². The SMILES string of the molecule is Clc1ccc(-c2nnc3sc(-c4ccc(-c5ccccc5Cl)o4)nn23)cc1. The van der Waals surface area contributed by atoms with Crippen LogP contribution in [0, 0.1) is 0 Å². The second-order valence-corrected chi connectivity index (χ2v) is 7.58. The lowest BCUT2D eigenvalue weighted by atomic mass is 10.2. The van der Waals surface area contributed by atoms with Crippen LogP contribution in [0.15, 0.2) is 65.1 Å². The molecule has 0 spiro atoms. The molecule has 0 saturated carbocycles. The number of fused-ring (bicyclic) bond motifs is 1. The minimum atomic E-state index is 0.640. The molecule has 132 valence electrons. The summed E-state index contributed by atoms with van der Waals surface area (Å²) in [6.07, 6.45) is 0. The average Bonchev–Trinajstić information content (AvgIpc) is 3.38. The maximum absolute atomic E-state index is 6.26. The molecule has 0 aliphatic rings. The van der Waals surface area contributed by atoms with E-state index in [9.17, 15) is 0 Å². The van der Waals surface area contributed by atoms with Crippen LogP contribution in [0.5, 0.6) is 0 Å². The summed E-state index contributed by atoms with van der Waals surface area (Å²) in [4.78, 5) is 0.686. The maximum atomic E-state index is 6.26. The first-order chi connectivity index (χ1) is 13.2. The third-order valence-electron chi connectivity index (χ3n) is 4.05. The third kappa shape index (κ3) is 2.92. The molecule has 8 heteroatoms. The van der Waals surface area contributed by atoms with Gasteiger partial charge >= 0.3 is 0 Å². The van der Waals surface area contributed by atoms with Crippen LogP contribution in [0.1, 0.15) is 0 Å². The second kappa shape index (κ2) is 6.49. The van der Waals surface area contributed by atoms with E-state index >= 15 is 0 Å². The van der Waals surface area contributed by atoms with Crippen LogP contribution in [0.25, 0.3) is 38.4 Å². The summed E-state index contributed by atoms with van der Waals surface area (Å²) in [7, 11) is 0. The Hall–Kier alpha value is -2.67. The predicted molar refractivity (Wildman–Crippen MR) is 107 cm³/mol. The highest BCUT2D eigenvalue weighted by molar-refractivity contribution is 7.19. The average molecular weight is 413 g/mol. The van der Waals surface area contributed by atoms with E-state index in [0.717, 1.165) is 11.1 Å². The van der Waals surface area contributed by atoms with Gasteiger partial charge in [0.05, 0.1) is 5.02 Å². The van der Waals surface area contributed by atoms with Crippen LogP contribution in [0.4, 0.5) is 0 Å². The minimum Gasteiger partial charge on any atom is -0.453 e. The van der Waals surface area contributed by atoms with Crippen LogP contribution >= 0.6 is 34.5 Å². The van der Waals surface area contributed by atoms with Crippen molar-refractivity contribution in [2.24, 2.45) is 0 Å². The molecule has 3 heterocycles. The number of nitrogens with zero attached hydrogens (tertiary/aromatic N) is 4. The normalized spacial score (nSPS) is 11.3. The lowest BCUT2D eigenvalue weighted by molar-refractivity contribution is 0.595. The van der Waals surface area contributed by atoms with Gasteiger partial charge in [-0.3, -0.25) is 0 Å². The molecular formula is C19H10Cl2N4OS. The first kappa shape index (κ1) is 16.5. The summed E-state index contributed by atoms with van der Waals surface area (Å²) < 4.78 is 7.69. The fourth-order valence-corrected chi connectivity index (χ4v) is 3.91. The highest BCUT2D eigenvalue weighted by Crippen LogP contribution is 2.34. The van der Waals surface area contributed by atoms with Gasteiger partial charge in [-0.25, -0.2) is 0 Å². The van der Waals surface area contributed by atoms with Crippen molar-refractivity contribution in [2.45, 2.75) is 0 Å². The number of aromatic nitrogens is 4. The molecule has 0 amide bonds. The molecule has 0 aliphatic carbocycles. The van der Waals surface area contributed by atoms with Gasteiger partial charge in [0.1, 0.15) is 5.76 Å². The number of benzene rings is 2. The molecule has 0 saturated heterocycles. The van der Waals surface area contributed by atoms with Gasteiger partial charge in [-0.15, -0.1) is 15.3 Å². The highest BCUT2D eigenvalue weighted by atomic mass is 35.5. The van der Waals surface area contributed by atoms with Gasteiger partial charge in [-0.05, 0) is 48.5 Å². The summed E-state index contributed by atoms with van der Waals surface area (Å²) in [5, 5.41) is 15.1. The van der Waals surface area contributed by atoms with Crippen molar-refractivity contribution >= 4 is 39.5 Å². The zero-order chi connectivity index (χ0) is 18.4. The number of halogens is 2. The van der Waals surface area contributed by atoms with Crippen molar-refractivity contribution < 1.29 is 4.42 Å². The number of furan rings is 1. The summed E-state index contributed by atoms with van der Waals surface area (Å²) in [6, 6.07) is 18.7. The smallest absolute Gasteiger partial charge is 0.235 e. The summed E-state index contributed by atoms with van der Waals surface area (Å²) in [5.74, 6) is 2.00. The molecule has 0 fully saturated rings. The van der Waals surface area contributed by atoms with Gasteiger partial charge in [-0.1, -0.05) is 46.7 Å². The van der Waals surface area contributed by atoms with Gasteiger partial charge in [0.2, 0.25) is 4.96 Å². The van der Waals surface area contributed by atoms with Gasteiger partial charge in [0.15, 0.2) is 16.6 Å². The van der Waals surface area contributed by atoms with Crippen LogP contribution in [-0.2, 0) is 0 Å². The Morgan fingerprint density at radius 3 is 2.44 bits per heavy atom. The molecule has 0 atom stereocenters. The highest BCUT2D eigenvalue weighted by Gasteiger charge is 2.17. The predicted octanol–water partition coefficient (Wildman–Crippen LogP) is 6.09. The number of rotatable bonds is 3. The molecule has 0 bridgehead atoms. The van der Waals surface area contributed by atoms with E-state index in [-0.39, 0.29) is 0 Å². The van der Waals surface area contributed by atoms with Crippen molar-refractivity contribution in [1.82, 2.24) is 19.8 Å². The van der Waals surface area contributed by atoms with Crippen molar-refractivity contribution in [3.05, 3.63) is 70.7 Å². The van der Waals surface area contributed by atoms with Crippen LogP contribution in [0.2, 0.25) is 10.0 Å². The Bertz CT molecular complexity index is 1260. The molecule has 2 aromatic carbocycles. The van der Waals surface area contributed by atoms with Crippen LogP contribution < -0.4 is 0 Å². The Kier molecular flexibility index (Phi) is 3.97. The standard InChI is InChI=1S/C19H10Cl2N4OS/c20-12-7-5-11(6-8-12)17-22-23-19-25(17)24-18(27-19)16-10-9-15(26-16)13-3-1-2-4-14(13)21/h1-10H. The van der Waals surface area contributed by atoms with Crippen molar-refractivity contribution in [2.75, 3.05) is 0 Å². The van der Waals surface area contributed by atoms with Crippen molar-refractivity contribution in [3.8, 4) is 33.5 Å². The molecule has 0 radical (unpaired) electrons. The van der Waals surface area contributed by atoms with Gasteiger partial charge in [-0.2, -0.15) is 4.52 Å². The largest absolute Gasteiger partial charge is 0.453 e. The van der Waals surface area contributed by atoms with E-state index in [2.05, 4.69) is 15.3 Å². The van der Waals surface area contributed by atoms with Gasteiger partial charge < -0.3 is 4.42 Å². The third-order valence-corrected chi connectivity index (χ3v) is 5.54. The van der Waals surface area contributed by atoms with E-state index < -0.39 is 0 Å². The van der Waals surface area contributed by atoms with E-state index in [0.29, 0.717) is 37.4 Å². The minimum absolute atomic E-state index is 0.640. The zero-order valence-electron chi connectivity index (χ0n) is 13.6. The van der Waals surface area contributed by atoms with E-state index in [1.807, 2.05) is 60.7 Å². The van der Waals surface area contributed by atoms with Crippen LogP contribution in [-0.4, -0.2) is 19.8 Å². The fourth-order valence-electron chi connectivity index (χ4n) is 2.75. The topological polar surface area (TPSA) is 56.2 Å². The van der Waals surface area contributed by atoms with Crippen molar-refractivity contribution in [1.29, 1.82) is 0 Å². The van der Waals surface area contributed by atoms with Crippen molar-refractivity contribution in [3.63, 3.8) is 0 Å². The molecule has 0 N–H and O–H groups in total. The molecule has 0 aliphatic heterocycles. The quantitative estimate of drug-likeness (QED) is 0.359. The molecule has 5 aromatic rings. The molecule has 5 rings (SSSR count). The zero-order valence-corrected chi connectivity index (χ0v) is 16.0. The Balaban J connectivity index is 1.55. The van der Waals surface area contributed by atoms with E-state index in [1.165, 1.54) is 11.3 Å². The van der Waals surface area contributed by atoms with E-state index in [4.69, 9.17) is 27.6 Å². The number of hydrogen-bond acceptors (Lipinski definition) is 5.